The summed E-state index contributed by atoms with van der Waals surface area (Å²) in [5, 5.41) is 22.8. The Balaban J connectivity index is 1.71. The molecule has 3 N–H and O–H groups in total. The van der Waals surface area contributed by atoms with Crippen molar-refractivity contribution in [1.29, 1.82) is 0 Å². The first-order valence-electron chi connectivity index (χ1n) is 8.53. The fourth-order valence-electron chi connectivity index (χ4n) is 2.84. The van der Waals surface area contributed by atoms with Crippen LogP contribution in [0.1, 0.15) is 17.4 Å². The molecule has 6 nitrogen and oxygen atoms in total. The van der Waals surface area contributed by atoms with E-state index in [0.29, 0.717) is 11.3 Å². The molecule has 2 heterocycles. The number of aliphatic hydroxyl groups is 2. The molecule has 1 aliphatic rings. The zero-order valence-electron chi connectivity index (χ0n) is 14.7. The minimum atomic E-state index is -1.34. The molecule has 0 aliphatic carbocycles. The Labute approximate surface area is 171 Å². The van der Waals surface area contributed by atoms with Crippen molar-refractivity contribution in [2.24, 2.45) is 0 Å². The minimum Gasteiger partial charge on any atom is -0.386 e. The van der Waals surface area contributed by atoms with Crippen molar-refractivity contribution in [2.75, 3.05) is 19.9 Å². The van der Waals surface area contributed by atoms with Gasteiger partial charge in [-0.3, -0.25) is 9.78 Å². The molecule has 150 valence electrons. The summed E-state index contributed by atoms with van der Waals surface area (Å²) in [5.74, 6) is -0.772. The smallest absolute Gasteiger partial charge is 0.253 e. The number of nitrogens with zero attached hydrogens (tertiary/aromatic N) is 1. The number of amides is 1. The van der Waals surface area contributed by atoms with Crippen LogP contribution in [0, 0.1) is 0 Å². The summed E-state index contributed by atoms with van der Waals surface area (Å²) in [6.45, 7) is -0.522. The predicted octanol–water partition coefficient (Wildman–Crippen LogP) is 2.26. The van der Waals surface area contributed by atoms with E-state index in [-0.39, 0.29) is 13.2 Å². The highest BCUT2D eigenvalue weighted by molar-refractivity contribution is 6.53. The maximum Gasteiger partial charge on any atom is 0.253 e. The Morgan fingerprint density at radius 2 is 1.86 bits per heavy atom. The van der Waals surface area contributed by atoms with Crippen LogP contribution in [0.2, 0.25) is 0 Å². The van der Waals surface area contributed by atoms with Crippen LogP contribution in [-0.4, -0.2) is 51.9 Å². The Hall–Kier alpha value is -1.77. The summed E-state index contributed by atoms with van der Waals surface area (Å²) in [5.41, 5.74) is 1.60. The van der Waals surface area contributed by atoms with Crippen molar-refractivity contribution in [3.05, 3.63) is 53.9 Å². The summed E-state index contributed by atoms with van der Waals surface area (Å²) in [4.78, 5) is 14.5. The van der Waals surface area contributed by atoms with Crippen molar-refractivity contribution in [1.82, 2.24) is 10.3 Å². The Kier molecular flexibility index (Phi) is 6.52. The van der Waals surface area contributed by atoms with Gasteiger partial charge in [-0.2, -0.15) is 0 Å². The lowest BCUT2D eigenvalue weighted by Crippen LogP contribution is -2.47. The molecule has 3 rings (SSSR count). The van der Waals surface area contributed by atoms with Crippen molar-refractivity contribution in [3.8, 4) is 11.1 Å². The molecule has 2 unspecified atom stereocenters. The number of aromatic nitrogens is 1. The van der Waals surface area contributed by atoms with E-state index in [4.69, 9.17) is 27.9 Å². The number of aliphatic hydroxyl groups excluding tert-OH is 1. The normalized spacial score (nSPS) is 17.6. The van der Waals surface area contributed by atoms with Gasteiger partial charge in [-0.25, -0.2) is 4.39 Å². The summed E-state index contributed by atoms with van der Waals surface area (Å²) < 4.78 is 18.3. The highest BCUT2D eigenvalue weighted by Gasteiger charge is 2.39. The van der Waals surface area contributed by atoms with Crippen molar-refractivity contribution < 1.29 is 24.1 Å². The fourth-order valence-corrected chi connectivity index (χ4v) is 2.96. The molecule has 1 aliphatic heterocycles. The lowest BCUT2D eigenvalue weighted by molar-refractivity contribution is -0.186. The van der Waals surface area contributed by atoms with E-state index in [1.54, 1.807) is 36.5 Å². The van der Waals surface area contributed by atoms with Crippen LogP contribution in [0.3, 0.4) is 0 Å². The number of hydrogen-bond acceptors (Lipinski definition) is 5. The molecule has 9 heteroatoms. The van der Waals surface area contributed by atoms with Gasteiger partial charge in [0.05, 0.1) is 24.9 Å². The van der Waals surface area contributed by atoms with Crippen LogP contribution in [0.25, 0.3) is 11.1 Å². The van der Waals surface area contributed by atoms with Crippen LogP contribution in [0.15, 0.2) is 42.6 Å². The molecule has 2 atom stereocenters. The van der Waals surface area contributed by atoms with Crippen molar-refractivity contribution in [3.63, 3.8) is 0 Å². The van der Waals surface area contributed by atoms with E-state index in [9.17, 15) is 19.4 Å². The van der Waals surface area contributed by atoms with E-state index in [2.05, 4.69) is 10.3 Å². The second-order valence-corrected chi connectivity index (χ2v) is 7.69. The van der Waals surface area contributed by atoms with Gasteiger partial charge in [-0.1, -0.05) is 53.5 Å². The molecule has 1 aromatic heterocycles. The average molecular weight is 429 g/mol. The molecule has 0 bridgehead atoms. The number of carbonyl (C=O) groups excluding carboxylic acids is 1. The molecule has 0 saturated carbocycles. The molecule has 1 saturated heterocycles. The number of carbonyl (C=O) groups is 1. The van der Waals surface area contributed by atoms with Gasteiger partial charge in [0.1, 0.15) is 12.8 Å². The molecule has 1 amide bonds. The molecule has 0 spiro atoms. The number of nitrogens with one attached hydrogen (secondary N) is 1. The van der Waals surface area contributed by atoms with Gasteiger partial charge in [0, 0.05) is 11.8 Å². The van der Waals surface area contributed by atoms with Gasteiger partial charge >= 0.3 is 0 Å². The number of halogens is 3. The second-order valence-electron chi connectivity index (χ2n) is 6.59. The molecule has 0 radical (unpaired) electrons. The maximum absolute atomic E-state index is 13.2. The van der Waals surface area contributed by atoms with Crippen LogP contribution < -0.4 is 5.32 Å². The van der Waals surface area contributed by atoms with Gasteiger partial charge in [0.2, 0.25) is 0 Å². The number of pyridine rings is 1. The molecule has 28 heavy (non-hydrogen) atoms. The van der Waals surface area contributed by atoms with Gasteiger partial charge in [-0.15, -0.1) is 0 Å². The first-order valence-corrected chi connectivity index (χ1v) is 9.41. The lowest BCUT2D eigenvalue weighted by atomic mass is 9.95. The SMILES string of the molecule is O=C(NC(CF)C(O)c1ccc(-c2ccc(C3(O)COC3)nc2)cc1)C(Cl)Cl. The van der Waals surface area contributed by atoms with Crippen molar-refractivity contribution >= 4 is 29.1 Å². The van der Waals surface area contributed by atoms with Gasteiger partial charge in [0.15, 0.2) is 10.4 Å². The molecule has 1 fully saturated rings. The van der Waals surface area contributed by atoms with Crippen LogP contribution >= 0.6 is 23.2 Å². The molecular formula is C19H19Cl2FN2O4. The van der Waals surface area contributed by atoms with Crippen molar-refractivity contribution in [2.45, 2.75) is 22.6 Å². The highest BCUT2D eigenvalue weighted by atomic mass is 35.5. The number of alkyl halides is 3. The predicted molar refractivity (Wildman–Crippen MR) is 103 cm³/mol. The van der Waals surface area contributed by atoms with Crippen LogP contribution in [0.5, 0.6) is 0 Å². The van der Waals surface area contributed by atoms with Gasteiger partial charge < -0.3 is 20.3 Å². The van der Waals surface area contributed by atoms with Gasteiger partial charge in [-0.05, 0) is 17.2 Å². The quantitative estimate of drug-likeness (QED) is 0.588. The zero-order chi connectivity index (χ0) is 20.3. The standard InChI is InChI=1S/C19H19Cl2FN2O4/c20-17(21)18(26)24-14(7-22)16(25)12-3-1-11(2-4-12)13-5-6-15(23-8-13)19(27)9-28-10-19/h1-6,8,14,16-17,25,27H,7,9-10H2,(H,24,26). The lowest BCUT2D eigenvalue weighted by Gasteiger charge is -2.35. The number of ether oxygens (including phenoxy) is 1. The minimum absolute atomic E-state index is 0.229. The summed E-state index contributed by atoms with van der Waals surface area (Å²) in [6.07, 6.45) is 0.381. The first kappa shape index (κ1) is 21.0. The van der Waals surface area contributed by atoms with E-state index in [1.165, 1.54) is 0 Å². The zero-order valence-corrected chi connectivity index (χ0v) is 16.2. The Morgan fingerprint density at radius 1 is 1.21 bits per heavy atom. The third-order valence-corrected chi connectivity index (χ3v) is 4.98. The number of rotatable bonds is 7. The largest absolute Gasteiger partial charge is 0.386 e. The fraction of sp³-hybridized carbons (Fsp3) is 0.368. The molecular weight excluding hydrogens is 410 g/mol. The Morgan fingerprint density at radius 3 is 2.32 bits per heavy atom. The van der Waals surface area contributed by atoms with E-state index in [0.717, 1.165) is 11.1 Å². The first-order chi connectivity index (χ1) is 13.3. The van der Waals surface area contributed by atoms with E-state index in [1.807, 2.05) is 6.07 Å². The van der Waals surface area contributed by atoms with E-state index < -0.39 is 35.2 Å². The van der Waals surface area contributed by atoms with Crippen LogP contribution in [0.4, 0.5) is 4.39 Å². The third-order valence-electron chi connectivity index (χ3n) is 4.58. The summed E-state index contributed by atoms with van der Waals surface area (Å²) in [6, 6.07) is 9.17. The van der Waals surface area contributed by atoms with Gasteiger partial charge in [0.25, 0.3) is 5.91 Å². The molecule has 2 aromatic rings. The third kappa shape index (κ3) is 4.45. The average Bonchev–Trinajstić information content (AvgIpc) is 2.69. The number of hydrogen-bond donors (Lipinski definition) is 3. The summed E-state index contributed by atoms with van der Waals surface area (Å²) >= 11 is 10.9. The maximum atomic E-state index is 13.2. The molecule has 1 aromatic carbocycles. The van der Waals surface area contributed by atoms with Crippen LogP contribution in [-0.2, 0) is 15.1 Å². The number of benzene rings is 1. The highest BCUT2D eigenvalue weighted by Crippen LogP contribution is 2.29. The topological polar surface area (TPSA) is 91.7 Å². The second kappa shape index (κ2) is 8.71. The Bertz CT molecular complexity index is 814. The summed E-state index contributed by atoms with van der Waals surface area (Å²) in [7, 11) is 0. The monoisotopic (exact) mass is 428 g/mol. The van der Waals surface area contributed by atoms with E-state index >= 15 is 0 Å².